The average molecular weight is 682 g/mol. The third kappa shape index (κ3) is 4.06. The van der Waals surface area contributed by atoms with Gasteiger partial charge in [-0.3, -0.25) is 0 Å². The lowest BCUT2D eigenvalue weighted by Crippen LogP contribution is -2.34. The van der Waals surface area contributed by atoms with E-state index in [9.17, 15) is 0 Å². The van der Waals surface area contributed by atoms with Gasteiger partial charge in [0.05, 0.1) is 11.1 Å². The topological polar surface area (TPSA) is 12.5 Å². The van der Waals surface area contributed by atoms with Crippen LogP contribution in [0, 0.1) is 0 Å². The predicted octanol–water partition coefficient (Wildman–Crippen LogP) is 13.7. The van der Waals surface area contributed by atoms with Gasteiger partial charge >= 0.3 is 0 Å². The SMILES string of the molecule is c1ccc(N(c2ccc(-c3cccc4sc5ccccc5c34)cc2)c2cccc3c2C2(c4ccccc4O3)c3ccccc3-c3ccccc32)cc1. The molecule has 2 nitrogen and oxygen atoms in total. The second-order valence-electron chi connectivity index (χ2n) is 13.6. The summed E-state index contributed by atoms with van der Waals surface area (Å²) >= 11 is 1.86. The number of hydrogen-bond donors (Lipinski definition) is 0. The normalized spacial score (nSPS) is 13.3. The Morgan fingerprint density at radius 2 is 1.00 bits per heavy atom. The molecule has 0 unspecified atom stereocenters. The van der Waals surface area contributed by atoms with Crippen molar-refractivity contribution in [1.82, 2.24) is 0 Å². The van der Waals surface area contributed by atoms with Crippen molar-refractivity contribution in [2.45, 2.75) is 5.41 Å². The van der Waals surface area contributed by atoms with E-state index >= 15 is 0 Å². The molecule has 0 N–H and O–H groups in total. The molecule has 0 saturated heterocycles. The number of fused-ring (bicyclic) bond motifs is 12. The molecule has 3 heteroatoms. The van der Waals surface area contributed by atoms with Crippen molar-refractivity contribution in [2.75, 3.05) is 4.90 Å². The third-order valence-electron chi connectivity index (χ3n) is 10.9. The molecule has 0 fully saturated rings. The highest BCUT2D eigenvalue weighted by atomic mass is 32.1. The number of rotatable bonds is 4. The van der Waals surface area contributed by atoms with E-state index in [2.05, 4.69) is 193 Å². The largest absolute Gasteiger partial charge is 0.457 e. The zero-order valence-electron chi connectivity index (χ0n) is 28.2. The fraction of sp³-hybridized carbons (Fsp3) is 0.0204. The van der Waals surface area contributed by atoms with Crippen molar-refractivity contribution in [3.05, 3.63) is 210 Å². The molecule has 1 aromatic heterocycles. The van der Waals surface area contributed by atoms with Crippen LogP contribution in [0.25, 0.3) is 42.4 Å². The molecule has 0 amide bonds. The molecule has 1 spiro atoms. The van der Waals surface area contributed by atoms with E-state index in [4.69, 9.17) is 4.74 Å². The molecular formula is C49H31NOS. The number of ether oxygens (including phenoxy) is 1. The first-order chi connectivity index (χ1) is 25.8. The van der Waals surface area contributed by atoms with Gasteiger partial charge in [-0.05, 0) is 88.0 Å². The maximum atomic E-state index is 6.88. The Hall–Kier alpha value is -6.42. The smallest absolute Gasteiger partial charge is 0.134 e. The Balaban J connectivity index is 1.16. The summed E-state index contributed by atoms with van der Waals surface area (Å²) in [6.07, 6.45) is 0. The van der Waals surface area contributed by atoms with E-state index in [-0.39, 0.29) is 0 Å². The van der Waals surface area contributed by atoms with Crippen LogP contribution in [0.15, 0.2) is 188 Å². The minimum atomic E-state index is -0.587. The lowest BCUT2D eigenvalue weighted by atomic mass is 9.65. The van der Waals surface area contributed by atoms with Gasteiger partial charge in [0.2, 0.25) is 0 Å². The summed E-state index contributed by atoms with van der Waals surface area (Å²) in [5.74, 6) is 1.76. The molecule has 8 aromatic carbocycles. The highest BCUT2D eigenvalue weighted by molar-refractivity contribution is 7.25. The second kappa shape index (κ2) is 11.3. The number of hydrogen-bond acceptors (Lipinski definition) is 3. The summed E-state index contributed by atoms with van der Waals surface area (Å²) in [6.45, 7) is 0. The Bertz CT molecular complexity index is 2790. The number of thiophene rings is 1. The monoisotopic (exact) mass is 681 g/mol. The van der Waals surface area contributed by atoms with Crippen molar-refractivity contribution in [3.63, 3.8) is 0 Å². The number of nitrogens with zero attached hydrogens (tertiary/aromatic N) is 1. The highest BCUT2D eigenvalue weighted by Gasteiger charge is 2.52. The third-order valence-corrected chi connectivity index (χ3v) is 12.1. The summed E-state index contributed by atoms with van der Waals surface area (Å²) in [7, 11) is 0. The van der Waals surface area contributed by atoms with Crippen molar-refractivity contribution in [3.8, 4) is 33.8 Å². The minimum Gasteiger partial charge on any atom is -0.457 e. The molecule has 2 aliphatic rings. The van der Waals surface area contributed by atoms with Crippen LogP contribution in [0.2, 0.25) is 0 Å². The molecule has 2 heterocycles. The summed E-state index contributed by atoms with van der Waals surface area (Å²) < 4.78 is 9.51. The van der Waals surface area contributed by atoms with E-state index in [1.165, 1.54) is 53.6 Å². The Morgan fingerprint density at radius 1 is 0.423 bits per heavy atom. The summed E-state index contributed by atoms with van der Waals surface area (Å²) in [6, 6.07) is 68.2. The first-order valence-corrected chi connectivity index (χ1v) is 18.6. The van der Waals surface area contributed by atoms with Crippen LogP contribution in [0.4, 0.5) is 17.1 Å². The van der Waals surface area contributed by atoms with Gasteiger partial charge in [0.1, 0.15) is 11.5 Å². The standard InChI is InChI=1S/C49H31NOS/c1-2-14-33(15-3-1)50(34-30-28-32(29-31-34)35-19-12-27-46-47(35)38-18-6-11-26-45(38)52-46)42-23-13-25-44-48(42)49(41-22-9-10-24-43(41)51-44)39-20-7-4-16-36(39)37-17-5-8-21-40(37)49/h1-31H. The van der Waals surface area contributed by atoms with Gasteiger partial charge in [-0.2, -0.15) is 0 Å². The van der Waals surface area contributed by atoms with Gasteiger partial charge < -0.3 is 9.64 Å². The van der Waals surface area contributed by atoms with Crippen LogP contribution in [-0.4, -0.2) is 0 Å². The molecular weight excluding hydrogens is 651 g/mol. The molecule has 52 heavy (non-hydrogen) atoms. The lowest BCUT2D eigenvalue weighted by Gasteiger charge is -2.42. The zero-order chi connectivity index (χ0) is 34.2. The second-order valence-corrected chi connectivity index (χ2v) is 14.7. The Labute approximate surface area is 306 Å². The van der Waals surface area contributed by atoms with E-state index in [0.29, 0.717) is 0 Å². The van der Waals surface area contributed by atoms with E-state index in [0.717, 1.165) is 39.7 Å². The van der Waals surface area contributed by atoms with Crippen molar-refractivity contribution in [2.24, 2.45) is 0 Å². The maximum Gasteiger partial charge on any atom is 0.134 e. The number of benzene rings is 8. The van der Waals surface area contributed by atoms with Crippen molar-refractivity contribution < 1.29 is 4.74 Å². The van der Waals surface area contributed by atoms with E-state index in [1.54, 1.807) is 0 Å². The van der Waals surface area contributed by atoms with Crippen molar-refractivity contribution >= 4 is 48.6 Å². The fourth-order valence-corrected chi connectivity index (χ4v) is 10.0. The van der Waals surface area contributed by atoms with E-state index < -0.39 is 5.41 Å². The highest BCUT2D eigenvalue weighted by Crippen LogP contribution is 2.64. The molecule has 1 aliphatic carbocycles. The molecule has 0 radical (unpaired) electrons. The molecule has 244 valence electrons. The van der Waals surface area contributed by atoms with Crippen LogP contribution in [0.3, 0.4) is 0 Å². The first-order valence-electron chi connectivity index (χ1n) is 17.8. The zero-order valence-corrected chi connectivity index (χ0v) is 29.0. The summed E-state index contributed by atoms with van der Waals surface area (Å²) in [5, 5.41) is 2.64. The summed E-state index contributed by atoms with van der Waals surface area (Å²) in [5.41, 5.74) is 12.5. The molecule has 0 atom stereocenters. The van der Waals surface area contributed by atoms with E-state index in [1.807, 2.05) is 11.3 Å². The Morgan fingerprint density at radius 3 is 1.79 bits per heavy atom. The van der Waals surface area contributed by atoms with Gasteiger partial charge in [-0.1, -0.05) is 133 Å². The van der Waals surface area contributed by atoms with Crippen LogP contribution in [0.5, 0.6) is 11.5 Å². The maximum absolute atomic E-state index is 6.88. The number of para-hydroxylation sites is 2. The van der Waals surface area contributed by atoms with Crippen LogP contribution in [0.1, 0.15) is 22.3 Å². The Kier molecular flexibility index (Phi) is 6.37. The van der Waals surface area contributed by atoms with Gasteiger partial charge in [0, 0.05) is 42.7 Å². The molecule has 1 aliphatic heterocycles. The molecule has 0 bridgehead atoms. The minimum absolute atomic E-state index is 0.587. The quantitative estimate of drug-likeness (QED) is 0.183. The van der Waals surface area contributed by atoms with Gasteiger partial charge in [-0.15, -0.1) is 11.3 Å². The first kappa shape index (κ1) is 29.3. The van der Waals surface area contributed by atoms with Crippen LogP contribution < -0.4 is 9.64 Å². The average Bonchev–Trinajstić information content (AvgIpc) is 3.73. The summed E-state index contributed by atoms with van der Waals surface area (Å²) in [4.78, 5) is 2.41. The molecule has 9 aromatic rings. The van der Waals surface area contributed by atoms with Gasteiger partial charge in [0.25, 0.3) is 0 Å². The van der Waals surface area contributed by atoms with Gasteiger partial charge in [0.15, 0.2) is 0 Å². The molecule has 11 rings (SSSR count). The fourth-order valence-electron chi connectivity index (χ4n) is 8.89. The van der Waals surface area contributed by atoms with Gasteiger partial charge in [-0.25, -0.2) is 0 Å². The van der Waals surface area contributed by atoms with Crippen LogP contribution in [-0.2, 0) is 5.41 Å². The predicted molar refractivity (Wildman–Crippen MR) is 217 cm³/mol. The van der Waals surface area contributed by atoms with Crippen LogP contribution >= 0.6 is 11.3 Å². The lowest BCUT2D eigenvalue weighted by molar-refractivity contribution is 0.437. The number of anilines is 3. The molecule has 0 saturated carbocycles. The van der Waals surface area contributed by atoms with Crippen molar-refractivity contribution in [1.29, 1.82) is 0 Å².